The standard InChI is InChI=1S/C16H15ClN2O4.ClH/c17-11-4-5-14(13(7-11)16(21)22)23-9-15(20)19-8-10-2-1-3-12(18)6-10;/h1-7H,8-9,18H2,(H,19,20)(H,21,22);1H. The van der Waals surface area contributed by atoms with E-state index in [9.17, 15) is 9.59 Å². The number of carboxylic acid groups (broad SMARTS) is 1. The molecular formula is C16H16Cl2N2O4. The number of amides is 1. The van der Waals surface area contributed by atoms with Crippen LogP contribution in [0.5, 0.6) is 5.75 Å². The molecule has 8 heteroatoms. The first kappa shape index (κ1) is 19.6. The summed E-state index contributed by atoms with van der Waals surface area (Å²) in [4.78, 5) is 22.9. The molecule has 0 saturated heterocycles. The van der Waals surface area contributed by atoms with Crippen LogP contribution < -0.4 is 15.8 Å². The van der Waals surface area contributed by atoms with Crippen molar-refractivity contribution < 1.29 is 19.4 Å². The molecule has 0 unspecified atom stereocenters. The van der Waals surface area contributed by atoms with Crippen molar-refractivity contribution in [2.75, 3.05) is 12.3 Å². The van der Waals surface area contributed by atoms with Crippen LogP contribution in [0.4, 0.5) is 5.69 Å². The van der Waals surface area contributed by atoms with E-state index in [-0.39, 0.29) is 41.3 Å². The minimum absolute atomic E-state index is 0. The molecule has 24 heavy (non-hydrogen) atoms. The highest BCUT2D eigenvalue weighted by Crippen LogP contribution is 2.22. The molecule has 0 spiro atoms. The van der Waals surface area contributed by atoms with Crippen molar-refractivity contribution in [2.45, 2.75) is 6.54 Å². The summed E-state index contributed by atoms with van der Waals surface area (Å²) in [5.41, 5.74) is 7.03. The van der Waals surface area contributed by atoms with Crippen LogP contribution in [0, 0.1) is 0 Å². The van der Waals surface area contributed by atoms with Crippen LogP contribution in [-0.2, 0) is 11.3 Å². The van der Waals surface area contributed by atoms with E-state index in [4.69, 9.17) is 27.2 Å². The molecule has 0 aliphatic heterocycles. The second kappa shape index (κ2) is 9.00. The molecule has 0 aromatic heterocycles. The molecular weight excluding hydrogens is 355 g/mol. The second-order valence-corrected chi connectivity index (χ2v) is 5.19. The zero-order valence-electron chi connectivity index (χ0n) is 12.5. The number of ether oxygens (including phenoxy) is 1. The quantitative estimate of drug-likeness (QED) is 0.678. The highest BCUT2D eigenvalue weighted by molar-refractivity contribution is 6.31. The minimum atomic E-state index is -1.18. The first-order valence-corrected chi connectivity index (χ1v) is 7.10. The van der Waals surface area contributed by atoms with Gasteiger partial charge >= 0.3 is 5.97 Å². The van der Waals surface area contributed by atoms with E-state index in [2.05, 4.69) is 5.32 Å². The number of nitrogens with one attached hydrogen (secondary N) is 1. The fourth-order valence-corrected chi connectivity index (χ4v) is 2.07. The summed E-state index contributed by atoms with van der Waals surface area (Å²) >= 11 is 5.75. The summed E-state index contributed by atoms with van der Waals surface area (Å²) in [5, 5.41) is 12.0. The average molecular weight is 371 g/mol. The number of carbonyl (C=O) groups excluding carboxylic acids is 1. The summed E-state index contributed by atoms with van der Waals surface area (Å²) < 4.78 is 5.25. The molecule has 0 fully saturated rings. The van der Waals surface area contributed by atoms with E-state index in [0.29, 0.717) is 12.2 Å². The Labute approximate surface area is 150 Å². The molecule has 0 radical (unpaired) electrons. The van der Waals surface area contributed by atoms with Gasteiger partial charge in [0.05, 0.1) is 0 Å². The maximum atomic E-state index is 11.8. The number of rotatable bonds is 6. The lowest BCUT2D eigenvalue weighted by Crippen LogP contribution is -2.28. The molecule has 0 bridgehead atoms. The van der Waals surface area contributed by atoms with Gasteiger partial charge in [0.15, 0.2) is 6.61 Å². The Kier molecular flexibility index (Phi) is 7.35. The molecule has 0 saturated carbocycles. The van der Waals surface area contributed by atoms with Crippen molar-refractivity contribution in [3.05, 3.63) is 58.6 Å². The lowest BCUT2D eigenvalue weighted by molar-refractivity contribution is -0.123. The zero-order valence-corrected chi connectivity index (χ0v) is 14.1. The van der Waals surface area contributed by atoms with Gasteiger partial charge in [-0.1, -0.05) is 23.7 Å². The third-order valence-electron chi connectivity index (χ3n) is 2.97. The number of hydrogen-bond donors (Lipinski definition) is 3. The first-order chi connectivity index (χ1) is 11.0. The lowest BCUT2D eigenvalue weighted by atomic mass is 10.2. The third kappa shape index (κ3) is 5.64. The van der Waals surface area contributed by atoms with Gasteiger partial charge in [-0.2, -0.15) is 0 Å². The van der Waals surface area contributed by atoms with E-state index in [1.165, 1.54) is 18.2 Å². The molecule has 2 aromatic carbocycles. The van der Waals surface area contributed by atoms with Gasteiger partial charge in [0, 0.05) is 17.3 Å². The van der Waals surface area contributed by atoms with Crippen LogP contribution in [0.15, 0.2) is 42.5 Å². The van der Waals surface area contributed by atoms with Crippen LogP contribution in [0.2, 0.25) is 5.02 Å². The summed E-state index contributed by atoms with van der Waals surface area (Å²) in [6.07, 6.45) is 0. The Morgan fingerprint density at radius 3 is 2.62 bits per heavy atom. The van der Waals surface area contributed by atoms with E-state index in [0.717, 1.165) is 5.56 Å². The van der Waals surface area contributed by atoms with Crippen LogP contribution >= 0.6 is 24.0 Å². The summed E-state index contributed by atoms with van der Waals surface area (Å²) in [6, 6.07) is 11.3. The topological polar surface area (TPSA) is 102 Å². The Morgan fingerprint density at radius 1 is 1.21 bits per heavy atom. The van der Waals surface area contributed by atoms with Gasteiger partial charge in [-0.05, 0) is 35.9 Å². The van der Waals surface area contributed by atoms with Crippen LogP contribution in [-0.4, -0.2) is 23.6 Å². The van der Waals surface area contributed by atoms with E-state index >= 15 is 0 Å². The normalized spacial score (nSPS) is 9.71. The van der Waals surface area contributed by atoms with Crippen molar-refractivity contribution in [1.29, 1.82) is 0 Å². The Morgan fingerprint density at radius 2 is 1.96 bits per heavy atom. The largest absolute Gasteiger partial charge is 0.483 e. The number of anilines is 1. The molecule has 0 heterocycles. The van der Waals surface area contributed by atoms with Gasteiger partial charge in [-0.15, -0.1) is 12.4 Å². The minimum Gasteiger partial charge on any atom is -0.483 e. The fraction of sp³-hybridized carbons (Fsp3) is 0.125. The van der Waals surface area contributed by atoms with E-state index < -0.39 is 5.97 Å². The molecule has 0 atom stereocenters. The van der Waals surface area contributed by atoms with Crippen molar-refractivity contribution in [3.8, 4) is 5.75 Å². The van der Waals surface area contributed by atoms with Crippen molar-refractivity contribution >= 4 is 41.6 Å². The number of hydrogen-bond acceptors (Lipinski definition) is 4. The number of carboxylic acids is 1. The molecule has 2 aromatic rings. The molecule has 2 rings (SSSR count). The van der Waals surface area contributed by atoms with Crippen LogP contribution in [0.1, 0.15) is 15.9 Å². The van der Waals surface area contributed by atoms with Gasteiger partial charge in [-0.25, -0.2) is 4.79 Å². The molecule has 0 aliphatic rings. The number of halogens is 2. The van der Waals surface area contributed by atoms with Crippen LogP contribution in [0.3, 0.4) is 0 Å². The van der Waals surface area contributed by atoms with Gasteiger partial charge in [-0.3, -0.25) is 4.79 Å². The number of nitrogens with two attached hydrogens (primary N) is 1. The third-order valence-corrected chi connectivity index (χ3v) is 3.21. The summed E-state index contributed by atoms with van der Waals surface area (Å²) in [5.74, 6) is -1.47. The highest BCUT2D eigenvalue weighted by atomic mass is 35.5. The molecule has 1 amide bonds. The number of carbonyl (C=O) groups is 2. The number of benzene rings is 2. The van der Waals surface area contributed by atoms with Gasteiger partial charge in [0.25, 0.3) is 5.91 Å². The fourth-order valence-electron chi connectivity index (χ4n) is 1.89. The van der Waals surface area contributed by atoms with Crippen molar-refractivity contribution in [2.24, 2.45) is 0 Å². The lowest BCUT2D eigenvalue weighted by Gasteiger charge is -2.10. The molecule has 4 N–H and O–H groups in total. The Hall–Kier alpha value is -2.44. The van der Waals surface area contributed by atoms with Crippen molar-refractivity contribution in [3.63, 3.8) is 0 Å². The van der Waals surface area contributed by atoms with Gasteiger partial charge < -0.3 is 20.9 Å². The van der Waals surface area contributed by atoms with Crippen LogP contribution in [0.25, 0.3) is 0 Å². The monoisotopic (exact) mass is 370 g/mol. The maximum Gasteiger partial charge on any atom is 0.339 e. The Balaban J connectivity index is 0.00000288. The van der Waals surface area contributed by atoms with Crippen molar-refractivity contribution in [1.82, 2.24) is 5.32 Å². The zero-order chi connectivity index (χ0) is 16.8. The summed E-state index contributed by atoms with van der Waals surface area (Å²) in [7, 11) is 0. The average Bonchev–Trinajstić information content (AvgIpc) is 2.51. The maximum absolute atomic E-state index is 11.8. The Bertz CT molecular complexity index is 738. The SMILES string of the molecule is Cl.Nc1cccc(CNC(=O)COc2ccc(Cl)cc2C(=O)O)c1. The summed E-state index contributed by atoms with van der Waals surface area (Å²) in [6.45, 7) is 0.00384. The van der Waals surface area contributed by atoms with Gasteiger partial charge in [0.1, 0.15) is 11.3 Å². The van der Waals surface area contributed by atoms with Gasteiger partial charge in [0.2, 0.25) is 0 Å². The van der Waals surface area contributed by atoms with E-state index in [1.807, 2.05) is 6.07 Å². The predicted molar refractivity (Wildman–Crippen MR) is 93.9 cm³/mol. The molecule has 0 aliphatic carbocycles. The number of aromatic carboxylic acids is 1. The highest BCUT2D eigenvalue weighted by Gasteiger charge is 2.13. The predicted octanol–water partition coefficient (Wildman–Crippen LogP) is 2.74. The smallest absolute Gasteiger partial charge is 0.339 e. The number of nitrogen functional groups attached to an aromatic ring is 1. The van der Waals surface area contributed by atoms with E-state index in [1.54, 1.807) is 18.2 Å². The molecule has 128 valence electrons. The molecule has 6 nitrogen and oxygen atoms in total. The second-order valence-electron chi connectivity index (χ2n) is 4.76. The first-order valence-electron chi connectivity index (χ1n) is 6.72.